The molecular formula is C14H15BrClNO. The smallest absolute Gasteiger partial charge is 0.169 e. The van der Waals surface area contributed by atoms with E-state index in [1.54, 1.807) is 0 Å². The zero-order valence-corrected chi connectivity index (χ0v) is 12.5. The van der Waals surface area contributed by atoms with Crippen molar-refractivity contribution in [2.45, 2.75) is 19.4 Å². The predicted octanol–water partition coefficient (Wildman–Crippen LogP) is 4.59. The topological polar surface area (TPSA) is 25.2 Å². The zero-order valence-electron chi connectivity index (χ0n) is 10.1. The van der Waals surface area contributed by atoms with Crippen LogP contribution in [0.3, 0.4) is 0 Å². The molecule has 1 aromatic heterocycles. The van der Waals surface area contributed by atoms with Gasteiger partial charge in [0.2, 0.25) is 0 Å². The zero-order chi connectivity index (χ0) is 13.0. The number of benzene rings is 1. The Morgan fingerprint density at radius 1 is 1.22 bits per heavy atom. The Balaban J connectivity index is 1.80. The van der Waals surface area contributed by atoms with Crippen molar-refractivity contribution in [1.29, 1.82) is 0 Å². The van der Waals surface area contributed by atoms with Crippen molar-refractivity contribution in [3.8, 4) is 0 Å². The van der Waals surface area contributed by atoms with E-state index in [1.165, 1.54) is 5.56 Å². The summed E-state index contributed by atoms with van der Waals surface area (Å²) in [5.74, 6) is 0.943. The number of hydrogen-bond acceptors (Lipinski definition) is 2. The quantitative estimate of drug-likeness (QED) is 0.868. The second-order valence-corrected chi connectivity index (χ2v) is 5.41. The highest BCUT2D eigenvalue weighted by Crippen LogP contribution is 2.20. The fraction of sp³-hybridized carbons (Fsp3) is 0.286. The van der Waals surface area contributed by atoms with Crippen molar-refractivity contribution in [2.75, 3.05) is 6.54 Å². The van der Waals surface area contributed by atoms with E-state index < -0.39 is 0 Å². The molecule has 1 aromatic carbocycles. The van der Waals surface area contributed by atoms with E-state index in [4.69, 9.17) is 16.0 Å². The molecule has 0 radical (unpaired) electrons. The average molecular weight is 329 g/mol. The lowest BCUT2D eigenvalue weighted by Gasteiger charge is -2.11. The second kappa shape index (κ2) is 6.41. The van der Waals surface area contributed by atoms with Gasteiger partial charge in [-0.2, -0.15) is 0 Å². The van der Waals surface area contributed by atoms with Gasteiger partial charge < -0.3 is 9.73 Å². The Bertz CT molecular complexity index is 495. The Kier molecular flexibility index (Phi) is 4.87. The molecule has 0 aliphatic carbocycles. The lowest BCUT2D eigenvalue weighted by atomic mass is 10.1. The van der Waals surface area contributed by atoms with Gasteiger partial charge >= 0.3 is 0 Å². The molecule has 1 atom stereocenters. The number of rotatable bonds is 5. The molecule has 2 nitrogen and oxygen atoms in total. The molecule has 1 unspecified atom stereocenters. The van der Waals surface area contributed by atoms with Crippen molar-refractivity contribution >= 4 is 27.5 Å². The third kappa shape index (κ3) is 3.87. The van der Waals surface area contributed by atoms with Crippen molar-refractivity contribution in [2.24, 2.45) is 0 Å². The number of nitrogens with one attached hydrogen (secondary N) is 1. The minimum atomic E-state index is 0.212. The van der Waals surface area contributed by atoms with Crippen LogP contribution >= 0.6 is 27.5 Å². The lowest BCUT2D eigenvalue weighted by Crippen LogP contribution is -2.20. The Hall–Kier alpha value is -0.770. The van der Waals surface area contributed by atoms with Gasteiger partial charge in [-0.3, -0.25) is 0 Å². The van der Waals surface area contributed by atoms with E-state index in [2.05, 4.69) is 40.3 Å². The van der Waals surface area contributed by atoms with Crippen molar-refractivity contribution < 1.29 is 4.42 Å². The summed E-state index contributed by atoms with van der Waals surface area (Å²) in [5.41, 5.74) is 1.28. The molecule has 18 heavy (non-hydrogen) atoms. The second-order valence-electron chi connectivity index (χ2n) is 4.19. The minimum Gasteiger partial charge on any atom is -0.453 e. The van der Waals surface area contributed by atoms with Gasteiger partial charge in [-0.15, -0.1) is 0 Å². The largest absolute Gasteiger partial charge is 0.453 e. The van der Waals surface area contributed by atoms with Crippen LogP contribution < -0.4 is 5.32 Å². The molecule has 0 aliphatic rings. The van der Waals surface area contributed by atoms with Crippen molar-refractivity contribution in [3.05, 3.63) is 57.4 Å². The van der Waals surface area contributed by atoms with Gasteiger partial charge in [-0.1, -0.05) is 23.7 Å². The molecule has 2 rings (SSSR count). The van der Waals surface area contributed by atoms with Crippen LogP contribution in [0.2, 0.25) is 5.02 Å². The van der Waals surface area contributed by atoms with E-state index in [1.807, 2.05) is 24.3 Å². The summed E-state index contributed by atoms with van der Waals surface area (Å²) < 4.78 is 6.27. The summed E-state index contributed by atoms with van der Waals surface area (Å²) in [5, 5.41) is 4.21. The van der Waals surface area contributed by atoms with E-state index in [0.717, 1.165) is 28.4 Å². The molecule has 0 amide bonds. The summed E-state index contributed by atoms with van der Waals surface area (Å²) in [6.07, 6.45) is 0.976. The highest BCUT2D eigenvalue weighted by molar-refractivity contribution is 9.10. The van der Waals surface area contributed by atoms with E-state index in [0.29, 0.717) is 0 Å². The molecule has 0 saturated heterocycles. The number of furan rings is 1. The molecule has 0 spiro atoms. The fourth-order valence-corrected chi connectivity index (χ4v) is 2.19. The van der Waals surface area contributed by atoms with Crippen LogP contribution in [0.15, 0.2) is 45.5 Å². The van der Waals surface area contributed by atoms with Gasteiger partial charge in [0, 0.05) is 5.02 Å². The van der Waals surface area contributed by atoms with Gasteiger partial charge in [0.05, 0.1) is 6.04 Å². The van der Waals surface area contributed by atoms with Crippen LogP contribution in [0.1, 0.15) is 24.3 Å². The lowest BCUT2D eigenvalue weighted by molar-refractivity contribution is 0.420. The maximum atomic E-state index is 5.85. The maximum Gasteiger partial charge on any atom is 0.169 e. The van der Waals surface area contributed by atoms with E-state index in [9.17, 15) is 0 Å². The monoisotopic (exact) mass is 327 g/mol. The molecular weight excluding hydrogens is 314 g/mol. The number of halogens is 2. The van der Waals surface area contributed by atoms with Crippen molar-refractivity contribution in [1.82, 2.24) is 5.32 Å². The average Bonchev–Trinajstić information content (AvgIpc) is 2.78. The van der Waals surface area contributed by atoms with Crippen LogP contribution in [0.5, 0.6) is 0 Å². The Morgan fingerprint density at radius 3 is 2.56 bits per heavy atom. The summed E-state index contributed by atoms with van der Waals surface area (Å²) >= 11 is 9.15. The predicted molar refractivity (Wildman–Crippen MR) is 78.0 cm³/mol. The molecule has 4 heteroatoms. The number of hydrogen-bond donors (Lipinski definition) is 1. The van der Waals surface area contributed by atoms with Crippen LogP contribution in [0, 0.1) is 0 Å². The Labute approximate surface area is 120 Å². The van der Waals surface area contributed by atoms with Gasteiger partial charge in [-0.05, 0) is 65.6 Å². The van der Waals surface area contributed by atoms with Crippen LogP contribution in [-0.4, -0.2) is 6.54 Å². The fourth-order valence-electron chi connectivity index (χ4n) is 1.75. The summed E-state index contributed by atoms with van der Waals surface area (Å²) in [6, 6.07) is 12.0. The molecule has 0 bridgehead atoms. The van der Waals surface area contributed by atoms with Gasteiger partial charge in [-0.25, -0.2) is 0 Å². The molecule has 0 saturated carbocycles. The van der Waals surface area contributed by atoms with Crippen LogP contribution in [-0.2, 0) is 6.42 Å². The summed E-state index contributed by atoms with van der Waals surface area (Å²) in [4.78, 5) is 0. The standard InChI is InChI=1S/C14H15BrClNO/c1-10(13-6-7-14(15)18-13)17-9-8-11-2-4-12(16)5-3-11/h2-7,10,17H,8-9H2,1H3. The first-order chi connectivity index (χ1) is 8.65. The third-order valence-corrected chi connectivity index (χ3v) is 3.48. The first-order valence-electron chi connectivity index (χ1n) is 5.88. The normalized spacial score (nSPS) is 12.6. The minimum absolute atomic E-state index is 0.212. The van der Waals surface area contributed by atoms with Crippen LogP contribution in [0.25, 0.3) is 0 Å². The van der Waals surface area contributed by atoms with Gasteiger partial charge in [0.15, 0.2) is 4.67 Å². The van der Waals surface area contributed by atoms with E-state index in [-0.39, 0.29) is 6.04 Å². The highest BCUT2D eigenvalue weighted by atomic mass is 79.9. The van der Waals surface area contributed by atoms with Crippen molar-refractivity contribution in [3.63, 3.8) is 0 Å². The summed E-state index contributed by atoms with van der Waals surface area (Å²) in [6.45, 7) is 2.99. The van der Waals surface area contributed by atoms with Gasteiger partial charge in [0.25, 0.3) is 0 Å². The Morgan fingerprint density at radius 2 is 1.94 bits per heavy atom. The van der Waals surface area contributed by atoms with E-state index >= 15 is 0 Å². The molecule has 2 aromatic rings. The molecule has 0 aliphatic heterocycles. The molecule has 1 heterocycles. The molecule has 96 valence electrons. The first kappa shape index (κ1) is 13.7. The summed E-state index contributed by atoms with van der Waals surface area (Å²) in [7, 11) is 0. The molecule has 0 fully saturated rings. The molecule has 1 N–H and O–H groups in total. The van der Waals surface area contributed by atoms with Gasteiger partial charge in [0.1, 0.15) is 5.76 Å². The first-order valence-corrected chi connectivity index (χ1v) is 7.05. The SMILES string of the molecule is CC(NCCc1ccc(Cl)cc1)c1ccc(Br)o1. The maximum absolute atomic E-state index is 5.85. The van der Waals surface area contributed by atoms with Crippen LogP contribution in [0.4, 0.5) is 0 Å². The highest BCUT2D eigenvalue weighted by Gasteiger charge is 2.08. The third-order valence-electron chi connectivity index (χ3n) is 2.80.